The van der Waals surface area contributed by atoms with Crippen LogP contribution in [0, 0.1) is 6.92 Å². The Labute approximate surface area is 206 Å². The second-order valence-corrected chi connectivity index (χ2v) is 10.4. The summed E-state index contributed by atoms with van der Waals surface area (Å²) < 4.78 is 0. The topological polar surface area (TPSA) is 65.2 Å². The minimum Gasteiger partial charge on any atom is -0.354 e. The first-order valence-corrected chi connectivity index (χ1v) is 12.1. The zero-order chi connectivity index (χ0) is 24.7. The van der Waals surface area contributed by atoms with Crippen molar-refractivity contribution >= 4 is 22.7 Å². The maximum atomic E-state index is 13.6. The molecule has 0 fully saturated rings. The summed E-state index contributed by atoms with van der Waals surface area (Å²) in [6.07, 6.45) is 0.246. The monoisotopic (exact) mass is 465 g/mol. The predicted molar refractivity (Wildman–Crippen MR) is 140 cm³/mol. The fourth-order valence-corrected chi connectivity index (χ4v) is 5.01. The van der Waals surface area contributed by atoms with Gasteiger partial charge in [0.15, 0.2) is 0 Å². The lowest BCUT2D eigenvalue weighted by molar-refractivity contribution is -0.122. The Morgan fingerprint density at radius 3 is 2.40 bits per heavy atom. The highest BCUT2D eigenvalue weighted by Gasteiger charge is 2.40. The molecule has 2 N–H and O–H groups in total. The van der Waals surface area contributed by atoms with E-state index in [9.17, 15) is 9.59 Å². The lowest BCUT2D eigenvalue weighted by atomic mass is 9.93. The second kappa shape index (κ2) is 8.73. The Balaban J connectivity index is 1.64. The molecule has 0 saturated carbocycles. The van der Waals surface area contributed by atoms with Crippen LogP contribution < -0.4 is 5.32 Å². The molecule has 0 spiro atoms. The Bertz CT molecular complexity index is 1410. The Kier molecular flexibility index (Phi) is 5.72. The quantitative estimate of drug-likeness (QED) is 0.380. The van der Waals surface area contributed by atoms with Gasteiger partial charge in [0, 0.05) is 40.5 Å². The van der Waals surface area contributed by atoms with E-state index < -0.39 is 0 Å². The van der Waals surface area contributed by atoms with Gasteiger partial charge >= 0.3 is 0 Å². The van der Waals surface area contributed by atoms with Gasteiger partial charge in [-0.3, -0.25) is 9.59 Å². The van der Waals surface area contributed by atoms with Crippen LogP contribution in [-0.4, -0.2) is 33.8 Å². The van der Waals surface area contributed by atoms with E-state index in [0.717, 1.165) is 33.3 Å². The number of hydrogen-bond donors (Lipinski definition) is 2. The van der Waals surface area contributed by atoms with Crippen molar-refractivity contribution in [3.05, 3.63) is 95.1 Å². The molecule has 1 atom stereocenters. The minimum atomic E-state index is -0.316. The lowest BCUT2D eigenvalue weighted by Crippen LogP contribution is -2.42. The molecule has 2 heterocycles. The van der Waals surface area contributed by atoms with Gasteiger partial charge < -0.3 is 15.2 Å². The Morgan fingerprint density at radius 2 is 1.66 bits per heavy atom. The average molecular weight is 466 g/mol. The van der Waals surface area contributed by atoms with Crippen LogP contribution in [0.15, 0.2) is 72.8 Å². The number of hydrogen-bond acceptors (Lipinski definition) is 2. The molecule has 0 unspecified atom stereocenters. The molecule has 5 nitrogen and oxygen atoms in total. The van der Waals surface area contributed by atoms with Crippen LogP contribution in [0.25, 0.3) is 22.2 Å². The first-order valence-electron chi connectivity index (χ1n) is 12.1. The normalized spacial score (nSPS) is 15.5. The fourth-order valence-electron chi connectivity index (χ4n) is 5.01. The minimum absolute atomic E-state index is 0.0331. The van der Waals surface area contributed by atoms with Crippen molar-refractivity contribution in [3.63, 3.8) is 0 Å². The standard InChI is InChI=1S/C30H31N3O2/c1-19-13-15-20(16-14-19)27-26(23-11-7-8-12-24(23)31-27)28-21-9-5-6-10-22(21)29(35)33(28)18-17-25(34)32-30(2,3)4/h5-16,28,31H,17-18H2,1-4H3,(H,32,34)/t28-/m0/s1. The molecular formula is C30H31N3O2. The third-order valence-corrected chi connectivity index (χ3v) is 6.51. The summed E-state index contributed by atoms with van der Waals surface area (Å²) in [4.78, 5) is 31.8. The van der Waals surface area contributed by atoms with Crippen molar-refractivity contribution in [2.45, 2.75) is 45.7 Å². The van der Waals surface area contributed by atoms with Crippen LogP contribution in [-0.2, 0) is 4.79 Å². The van der Waals surface area contributed by atoms with Crippen molar-refractivity contribution in [1.29, 1.82) is 0 Å². The highest BCUT2D eigenvalue weighted by atomic mass is 16.2. The molecule has 178 valence electrons. The maximum absolute atomic E-state index is 13.6. The van der Waals surface area contributed by atoms with E-state index in [1.807, 2.05) is 62.1 Å². The second-order valence-electron chi connectivity index (χ2n) is 10.4. The first kappa shape index (κ1) is 22.9. The van der Waals surface area contributed by atoms with Crippen molar-refractivity contribution < 1.29 is 9.59 Å². The molecule has 5 heteroatoms. The number of nitrogens with one attached hydrogen (secondary N) is 2. The number of aryl methyl sites for hydroxylation is 1. The van der Waals surface area contributed by atoms with Crippen molar-refractivity contribution in [2.24, 2.45) is 0 Å². The molecule has 5 rings (SSSR count). The Hall–Kier alpha value is -3.86. The molecule has 0 bridgehead atoms. The van der Waals surface area contributed by atoms with Gasteiger partial charge in [-0.05, 0) is 51.0 Å². The highest BCUT2D eigenvalue weighted by Crippen LogP contribution is 2.45. The van der Waals surface area contributed by atoms with E-state index in [2.05, 4.69) is 53.6 Å². The number of aromatic amines is 1. The number of H-pyrrole nitrogens is 1. The number of carbonyl (C=O) groups excluding carboxylic acids is 2. The Morgan fingerprint density at radius 1 is 0.971 bits per heavy atom. The molecule has 1 aliphatic rings. The maximum Gasteiger partial charge on any atom is 0.255 e. The summed E-state index contributed by atoms with van der Waals surface area (Å²) in [5, 5.41) is 4.10. The average Bonchev–Trinajstić information content (AvgIpc) is 3.32. The van der Waals surface area contributed by atoms with Crippen LogP contribution in [0.2, 0.25) is 0 Å². The number of aromatic nitrogens is 1. The zero-order valence-corrected chi connectivity index (χ0v) is 20.7. The van der Waals surface area contributed by atoms with Gasteiger partial charge in [0.1, 0.15) is 0 Å². The number of fused-ring (bicyclic) bond motifs is 2. The van der Waals surface area contributed by atoms with Crippen LogP contribution in [0.5, 0.6) is 0 Å². The van der Waals surface area contributed by atoms with Crippen molar-refractivity contribution in [1.82, 2.24) is 15.2 Å². The van der Waals surface area contributed by atoms with E-state index in [1.54, 1.807) is 0 Å². The molecule has 0 saturated heterocycles. The number of nitrogens with zero attached hydrogens (tertiary/aromatic N) is 1. The summed E-state index contributed by atoms with van der Waals surface area (Å²) in [6.45, 7) is 8.30. The van der Waals surface area contributed by atoms with Gasteiger partial charge in [-0.25, -0.2) is 0 Å². The summed E-state index contributed by atoms with van der Waals surface area (Å²) in [6, 6.07) is 24.2. The number of rotatable bonds is 5. The largest absolute Gasteiger partial charge is 0.354 e. The lowest BCUT2D eigenvalue weighted by Gasteiger charge is -2.27. The van der Waals surface area contributed by atoms with Gasteiger partial charge in [0.05, 0.1) is 11.7 Å². The number of carbonyl (C=O) groups is 2. The third-order valence-electron chi connectivity index (χ3n) is 6.51. The van der Waals surface area contributed by atoms with Crippen molar-refractivity contribution in [2.75, 3.05) is 6.54 Å². The van der Waals surface area contributed by atoms with E-state index >= 15 is 0 Å². The van der Waals surface area contributed by atoms with E-state index in [0.29, 0.717) is 12.1 Å². The van der Waals surface area contributed by atoms with E-state index in [4.69, 9.17) is 0 Å². The molecule has 35 heavy (non-hydrogen) atoms. The van der Waals surface area contributed by atoms with Crippen LogP contribution in [0.1, 0.15) is 60.3 Å². The molecule has 3 aromatic carbocycles. The molecule has 1 aromatic heterocycles. The van der Waals surface area contributed by atoms with Gasteiger partial charge in [-0.15, -0.1) is 0 Å². The van der Waals surface area contributed by atoms with Crippen LogP contribution >= 0.6 is 0 Å². The molecular weight excluding hydrogens is 434 g/mol. The summed E-state index contributed by atoms with van der Waals surface area (Å²) in [7, 11) is 0. The van der Waals surface area contributed by atoms with Gasteiger partial charge in [0.25, 0.3) is 5.91 Å². The predicted octanol–water partition coefficient (Wildman–Crippen LogP) is 5.99. The number of benzene rings is 3. The molecule has 1 aliphatic heterocycles. The molecule has 2 amide bonds. The summed E-state index contributed by atoms with van der Waals surface area (Å²) in [5.41, 5.74) is 6.73. The fraction of sp³-hybridized carbons (Fsp3) is 0.267. The number of amides is 2. The molecule has 0 radical (unpaired) electrons. The van der Waals surface area contributed by atoms with E-state index in [1.165, 1.54) is 5.56 Å². The third kappa shape index (κ3) is 4.34. The SMILES string of the molecule is Cc1ccc(-c2[nH]c3ccccc3c2[C@@H]2c3ccccc3C(=O)N2CCC(=O)NC(C)(C)C)cc1. The van der Waals surface area contributed by atoms with Gasteiger partial charge in [0.2, 0.25) is 5.91 Å². The summed E-state index contributed by atoms with van der Waals surface area (Å²) >= 11 is 0. The first-order chi connectivity index (χ1) is 16.7. The summed E-state index contributed by atoms with van der Waals surface area (Å²) in [5.74, 6) is -0.0908. The molecule has 4 aromatic rings. The highest BCUT2D eigenvalue weighted by molar-refractivity contribution is 6.02. The molecule has 0 aliphatic carbocycles. The van der Waals surface area contributed by atoms with Crippen LogP contribution in [0.4, 0.5) is 0 Å². The van der Waals surface area contributed by atoms with Gasteiger partial charge in [-0.1, -0.05) is 66.2 Å². The van der Waals surface area contributed by atoms with Crippen molar-refractivity contribution in [3.8, 4) is 11.3 Å². The smallest absolute Gasteiger partial charge is 0.255 e. The number of para-hydroxylation sites is 1. The van der Waals surface area contributed by atoms with Crippen LogP contribution in [0.3, 0.4) is 0 Å². The van der Waals surface area contributed by atoms with E-state index in [-0.39, 0.29) is 29.8 Å². The van der Waals surface area contributed by atoms with Gasteiger partial charge in [-0.2, -0.15) is 0 Å². The zero-order valence-electron chi connectivity index (χ0n) is 20.7.